The summed E-state index contributed by atoms with van der Waals surface area (Å²) in [4.78, 5) is 32.0. The number of fused-ring (bicyclic) bond motifs is 3. The second-order valence-corrected chi connectivity index (χ2v) is 6.39. The van der Waals surface area contributed by atoms with Crippen LogP contribution in [0.2, 0.25) is 0 Å². The van der Waals surface area contributed by atoms with Gasteiger partial charge in [0.15, 0.2) is 11.2 Å². The van der Waals surface area contributed by atoms with Crippen molar-refractivity contribution >= 4 is 17.1 Å². The number of hydrogen-bond acceptors (Lipinski definition) is 4. The third kappa shape index (κ3) is 2.38. The third-order valence-electron chi connectivity index (χ3n) is 4.84. The highest BCUT2D eigenvalue weighted by Crippen LogP contribution is 2.25. The summed E-state index contributed by atoms with van der Waals surface area (Å²) in [7, 11) is 1.68. The quantitative estimate of drug-likeness (QED) is 0.722. The molecular weight excluding hydrogens is 318 g/mol. The molecular formula is C18H21N5O2. The van der Waals surface area contributed by atoms with E-state index in [1.54, 1.807) is 7.05 Å². The second kappa shape index (κ2) is 5.91. The molecule has 0 bridgehead atoms. The molecule has 0 N–H and O–H groups in total. The van der Waals surface area contributed by atoms with Crippen LogP contribution in [0.4, 0.5) is 5.95 Å². The van der Waals surface area contributed by atoms with Gasteiger partial charge in [-0.05, 0) is 18.9 Å². The number of aromatic nitrogens is 4. The Hall–Kier alpha value is -2.83. The van der Waals surface area contributed by atoms with Crippen LogP contribution in [0.3, 0.4) is 0 Å². The van der Waals surface area contributed by atoms with Gasteiger partial charge < -0.3 is 9.47 Å². The number of nitrogens with zero attached hydrogens (tertiary/aromatic N) is 5. The zero-order valence-corrected chi connectivity index (χ0v) is 14.5. The predicted molar refractivity (Wildman–Crippen MR) is 97.0 cm³/mol. The van der Waals surface area contributed by atoms with Crippen molar-refractivity contribution in [3.63, 3.8) is 0 Å². The second-order valence-electron chi connectivity index (χ2n) is 6.39. The van der Waals surface area contributed by atoms with E-state index in [2.05, 4.69) is 22.0 Å². The molecule has 2 aromatic heterocycles. The first-order valence-corrected chi connectivity index (χ1v) is 8.60. The average Bonchev–Trinajstić information content (AvgIpc) is 3.02. The van der Waals surface area contributed by atoms with Crippen molar-refractivity contribution in [3.05, 3.63) is 56.7 Å². The average molecular weight is 339 g/mol. The van der Waals surface area contributed by atoms with E-state index < -0.39 is 0 Å². The lowest BCUT2D eigenvalue weighted by atomic mass is 10.2. The summed E-state index contributed by atoms with van der Waals surface area (Å²) in [6.07, 6.45) is 0.944. The SMILES string of the molecule is CCn1c(=O)c2c(nc3n2CCCN3Cc2ccccc2)n(C)c1=O. The van der Waals surface area contributed by atoms with Gasteiger partial charge in [-0.1, -0.05) is 30.3 Å². The number of imidazole rings is 1. The van der Waals surface area contributed by atoms with Crippen LogP contribution in [-0.4, -0.2) is 25.2 Å². The normalized spacial score (nSPS) is 14.1. The zero-order valence-electron chi connectivity index (χ0n) is 14.5. The van der Waals surface area contributed by atoms with Crippen LogP contribution < -0.4 is 16.1 Å². The predicted octanol–water partition coefficient (Wildman–Crippen LogP) is 1.33. The Balaban J connectivity index is 1.90. The van der Waals surface area contributed by atoms with Gasteiger partial charge in [0.05, 0.1) is 0 Å². The van der Waals surface area contributed by atoms with Crippen LogP contribution in [0.25, 0.3) is 11.2 Å². The summed E-state index contributed by atoms with van der Waals surface area (Å²) in [5.41, 5.74) is 1.63. The number of anilines is 1. The molecule has 3 aromatic rings. The molecule has 0 amide bonds. The van der Waals surface area contributed by atoms with E-state index in [1.165, 1.54) is 14.7 Å². The van der Waals surface area contributed by atoms with Gasteiger partial charge in [0.1, 0.15) is 0 Å². The van der Waals surface area contributed by atoms with Crippen molar-refractivity contribution in [2.24, 2.45) is 7.05 Å². The number of rotatable bonds is 3. The van der Waals surface area contributed by atoms with Crippen molar-refractivity contribution in [1.82, 2.24) is 18.7 Å². The van der Waals surface area contributed by atoms with Crippen molar-refractivity contribution in [1.29, 1.82) is 0 Å². The van der Waals surface area contributed by atoms with Crippen LogP contribution in [0.1, 0.15) is 18.9 Å². The van der Waals surface area contributed by atoms with Gasteiger partial charge in [0.25, 0.3) is 5.56 Å². The lowest BCUT2D eigenvalue weighted by Gasteiger charge is -2.29. The summed E-state index contributed by atoms with van der Waals surface area (Å²) >= 11 is 0. The first-order chi connectivity index (χ1) is 12.1. The summed E-state index contributed by atoms with van der Waals surface area (Å²) in [6.45, 7) is 4.53. The van der Waals surface area contributed by atoms with Crippen molar-refractivity contribution in [2.75, 3.05) is 11.4 Å². The van der Waals surface area contributed by atoms with Crippen LogP contribution in [-0.2, 0) is 26.7 Å². The van der Waals surface area contributed by atoms with Crippen LogP contribution >= 0.6 is 0 Å². The molecule has 0 atom stereocenters. The van der Waals surface area contributed by atoms with Gasteiger partial charge in [-0.3, -0.25) is 13.9 Å². The maximum Gasteiger partial charge on any atom is 0.332 e. The molecule has 0 radical (unpaired) electrons. The molecule has 0 fully saturated rings. The standard InChI is InChI=1S/C18H21N5O2/c1-3-22-16(24)14-15(20(2)18(22)25)19-17-21(10-7-11-23(14)17)12-13-8-5-4-6-9-13/h4-6,8-9H,3,7,10-12H2,1-2H3. The van der Waals surface area contributed by atoms with E-state index in [9.17, 15) is 9.59 Å². The first kappa shape index (κ1) is 15.7. The van der Waals surface area contributed by atoms with Gasteiger partial charge in [0, 0.05) is 33.2 Å². The molecule has 0 aliphatic carbocycles. The van der Waals surface area contributed by atoms with Gasteiger partial charge in [-0.2, -0.15) is 4.98 Å². The summed E-state index contributed by atoms with van der Waals surface area (Å²) in [6, 6.07) is 10.2. The van der Waals surface area contributed by atoms with Crippen molar-refractivity contribution < 1.29 is 0 Å². The van der Waals surface area contributed by atoms with Gasteiger partial charge >= 0.3 is 5.69 Å². The van der Waals surface area contributed by atoms with E-state index >= 15 is 0 Å². The molecule has 4 rings (SSSR count). The van der Waals surface area contributed by atoms with E-state index in [4.69, 9.17) is 0 Å². The molecule has 7 heteroatoms. The Bertz CT molecular complexity index is 1050. The molecule has 0 spiro atoms. The molecule has 130 valence electrons. The van der Waals surface area contributed by atoms with Gasteiger partial charge in [-0.25, -0.2) is 4.79 Å². The van der Waals surface area contributed by atoms with E-state index in [0.717, 1.165) is 32.0 Å². The van der Waals surface area contributed by atoms with Crippen LogP contribution in [0.5, 0.6) is 0 Å². The topological polar surface area (TPSA) is 65.1 Å². The molecule has 0 saturated heterocycles. The number of hydrogen-bond donors (Lipinski definition) is 0. The highest BCUT2D eigenvalue weighted by Gasteiger charge is 2.25. The smallest absolute Gasteiger partial charge is 0.332 e. The van der Waals surface area contributed by atoms with Gasteiger partial charge in [-0.15, -0.1) is 0 Å². The van der Waals surface area contributed by atoms with Crippen molar-refractivity contribution in [3.8, 4) is 0 Å². The molecule has 1 aromatic carbocycles. The highest BCUT2D eigenvalue weighted by atomic mass is 16.2. The largest absolute Gasteiger partial charge is 0.338 e. The molecule has 7 nitrogen and oxygen atoms in total. The lowest BCUT2D eigenvalue weighted by molar-refractivity contribution is 0.560. The minimum Gasteiger partial charge on any atom is -0.338 e. The van der Waals surface area contributed by atoms with Crippen LogP contribution in [0, 0.1) is 0 Å². The van der Waals surface area contributed by atoms with Gasteiger partial charge in [0.2, 0.25) is 5.95 Å². The maximum atomic E-state index is 12.8. The minimum absolute atomic E-state index is 0.249. The molecule has 3 heterocycles. The molecule has 25 heavy (non-hydrogen) atoms. The Morgan fingerprint density at radius 3 is 2.60 bits per heavy atom. The molecule has 1 aliphatic rings. The summed E-state index contributed by atoms with van der Waals surface area (Å²) in [5.74, 6) is 0.769. The van der Waals surface area contributed by atoms with E-state index in [-0.39, 0.29) is 11.2 Å². The third-order valence-corrected chi connectivity index (χ3v) is 4.84. The number of benzene rings is 1. The minimum atomic E-state index is -0.315. The Morgan fingerprint density at radius 1 is 1.12 bits per heavy atom. The number of aryl methyl sites for hydroxylation is 2. The zero-order chi connectivity index (χ0) is 17.6. The van der Waals surface area contributed by atoms with Crippen LogP contribution in [0.15, 0.2) is 39.9 Å². The van der Waals surface area contributed by atoms with E-state index in [0.29, 0.717) is 17.7 Å². The monoisotopic (exact) mass is 339 g/mol. The fourth-order valence-electron chi connectivity index (χ4n) is 3.57. The highest BCUT2D eigenvalue weighted by molar-refractivity contribution is 5.74. The fourth-order valence-corrected chi connectivity index (χ4v) is 3.57. The molecule has 0 saturated carbocycles. The lowest BCUT2D eigenvalue weighted by Crippen LogP contribution is -2.39. The molecule has 1 aliphatic heterocycles. The van der Waals surface area contributed by atoms with E-state index in [1.807, 2.05) is 29.7 Å². The Kier molecular flexibility index (Phi) is 3.71. The summed E-state index contributed by atoms with van der Waals surface area (Å²) in [5, 5.41) is 0. The Morgan fingerprint density at radius 2 is 1.88 bits per heavy atom. The van der Waals surface area contributed by atoms with Crippen molar-refractivity contribution in [2.45, 2.75) is 33.0 Å². The Labute approximate surface area is 144 Å². The summed E-state index contributed by atoms with van der Waals surface area (Å²) < 4.78 is 4.72. The fraction of sp³-hybridized carbons (Fsp3) is 0.389. The first-order valence-electron chi connectivity index (χ1n) is 8.60. The maximum absolute atomic E-state index is 12.8. The molecule has 0 unspecified atom stereocenters.